The maximum absolute atomic E-state index is 13.1. The Bertz CT molecular complexity index is 921. The van der Waals surface area contributed by atoms with Gasteiger partial charge in [-0.25, -0.2) is 0 Å². The summed E-state index contributed by atoms with van der Waals surface area (Å²) in [6.45, 7) is 0.700. The molecule has 0 aliphatic carbocycles. The summed E-state index contributed by atoms with van der Waals surface area (Å²) in [5.41, 5.74) is 2.33. The van der Waals surface area contributed by atoms with Gasteiger partial charge < -0.3 is 4.90 Å². The van der Waals surface area contributed by atoms with Crippen LogP contribution in [0.5, 0.6) is 0 Å². The second kappa shape index (κ2) is 6.23. The summed E-state index contributed by atoms with van der Waals surface area (Å²) in [7, 11) is 0. The number of hydrogen-bond acceptors (Lipinski definition) is 4. The summed E-state index contributed by atoms with van der Waals surface area (Å²) >= 11 is 3.44. The summed E-state index contributed by atoms with van der Waals surface area (Å²) in [4.78, 5) is 17.6. The lowest BCUT2D eigenvalue weighted by atomic mass is 9.97. The van der Waals surface area contributed by atoms with Gasteiger partial charge in [0.2, 0.25) is 0 Å². The number of hydrogen-bond donors (Lipinski definition) is 0. The molecule has 1 atom stereocenters. The van der Waals surface area contributed by atoms with Gasteiger partial charge in [-0.3, -0.25) is 4.79 Å². The molecule has 0 unspecified atom stereocenters. The first kappa shape index (κ1) is 15.1. The van der Waals surface area contributed by atoms with Crippen LogP contribution < -0.4 is 0 Å². The molecule has 0 N–H and O–H groups in total. The van der Waals surface area contributed by atoms with E-state index in [0.717, 1.165) is 6.42 Å². The number of nitrogens with zero attached hydrogens (tertiary/aromatic N) is 2. The van der Waals surface area contributed by atoms with Crippen LogP contribution in [0.1, 0.15) is 37.3 Å². The highest BCUT2D eigenvalue weighted by atomic mass is 32.1. The van der Waals surface area contributed by atoms with Crippen LogP contribution in [-0.2, 0) is 6.42 Å². The van der Waals surface area contributed by atoms with Gasteiger partial charge in [-0.15, -0.1) is 22.7 Å². The lowest BCUT2D eigenvalue weighted by Crippen LogP contribution is -2.39. The van der Waals surface area contributed by atoms with Gasteiger partial charge in [0, 0.05) is 21.9 Å². The summed E-state index contributed by atoms with van der Waals surface area (Å²) in [5, 5.41) is 13.2. The molecule has 5 heteroatoms. The van der Waals surface area contributed by atoms with Gasteiger partial charge >= 0.3 is 0 Å². The summed E-state index contributed by atoms with van der Waals surface area (Å²) in [6, 6.07) is 15.3. The fourth-order valence-corrected chi connectivity index (χ4v) is 4.93. The van der Waals surface area contributed by atoms with Crippen molar-refractivity contribution in [1.82, 2.24) is 4.90 Å². The van der Waals surface area contributed by atoms with E-state index in [9.17, 15) is 4.79 Å². The third-order valence-electron chi connectivity index (χ3n) is 4.28. The standard InChI is InChI=1S/C19H14N2OS2/c20-12-13-3-1-4-14(11-13)19(22)21-8-6-16-15(7-10-24-16)18(21)17-5-2-9-23-17/h1-5,7,9-11,18H,6,8H2/t18-/m0/s1. The van der Waals surface area contributed by atoms with Crippen molar-refractivity contribution in [3.8, 4) is 6.07 Å². The molecule has 24 heavy (non-hydrogen) atoms. The fourth-order valence-electron chi connectivity index (χ4n) is 3.18. The van der Waals surface area contributed by atoms with Crippen LogP contribution >= 0.6 is 22.7 Å². The SMILES string of the molecule is N#Cc1cccc(C(=O)N2CCc3sccc3[C@H]2c2cccs2)c1. The van der Waals surface area contributed by atoms with Gasteiger partial charge in [-0.2, -0.15) is 5.26 Å². The molecule has 0 spiro atoms. The van der Waals surface area contributed by atoms with Crippen LogP contribution in [0, 0.1) is 11.3 Å². The van der Waals surface area contributed by atoms with Crippen LogP contribution in [0.2, 0.25) is 0 Å². The van der Waals surface area contributed by atoms with Crippen LogP contribution in [0.15, 0.2) is 53.2 Å². The van der Waals surface area contributed by atoms with Crippen LogP contribution in [0.4, 0.5) is 0 Å². The van der Waals surface area contributed by atoms with E-state index < -0.39 is 0 Å². The Kier molecular flexibility index (Phi) is 3.93. The maximum atomic E-state index is 13.1. The molecule has 1 aliphatic rings. The van der Waals surface area contributed by atoms with Gasteiger partial charge in [-0.1, -0.05) is 12.1 Å². The Hall–Kier alpha value is -2.42. The second-order valence-electron chi connectivity index (χ2n) is 5.66. The molecule has 118 valence electrons. The molecular formula is C19H14N2OS2. The van der Waals surface area contributed by atoms with E-state index in [0.29, 0.717) is 17.7 Å². The first-order valence-corrected chi connectivity index (χ1v) is 9.44. The Morgan fingerprint density at radius 1 is 1.17 bits per heavy atom. The number of amides is 1. The average Bonchev–Trinajstić information content (AvgIpc) is 3.31. The predicted molar refractivity (Wildman–Crippen MR) is 96.4 cm³/mol. The normalized spacial score (nSPS) is 16.5. The molecule has 3 aromatic rings. The molecule has 0 bridgehead atoms. The zero-order valence-electron chi connectivity index (χ0n) is 12.8. The maximum Gasteiger partial charge on any atom is 0.254 e. The average molecular weight is 350 g/mol. The first-order valence-electron chi connectivity index (χ1n) is 7.69. The Morgan fingerprint density at radius 2 is 2.08 bits per heavy atom. The first-order chi connectivity index (χ1) is 11.8. The number of benzene rings is 1. The number of carbonyl (C=O) groups excluding carboxylic acids is 1. The van der Waals surface area contributed by atoms with Crippen LogP contribution in [0.3, 0.4) is 0 Å². The van der Waals surface area contributed by atoms with E-state index >= 15 is 0 Å². The molecule has 3 heterocycles. The number of fused-ring (bicyclic) bond motifs is 1. The number of nitriles is 1. The fraction of sp³-hybridized carbons (Fsp3) is 0.158. The largest absolute Gasteiger partial charge is 0.326 e. The highest BCUT2D eigenvalue weighted by molar-refractivity contribution is 7.10. The van der Waals surface area contributed by atoms with E-state index in [4.69, 9.17) is 5.26 Å². The topological polar surface area (TPSA) is 44.1 Å². The Balaban J connectivity index is 1.76. The highest BCUT2D eigenvalue weighted by Gasteiger charge is 2.33. The molecule has 1 aliphatic heterocycles. The Labute approximate surface area is 148 Å². The number of carbonyl (C=O) groups is 1. The van der Waals surface area contributed by atoms with Crippen LogP contribution in [0.25, 0.3) is 0 Å². The van der Waals surface area contributed by atoms with E-state index in [1.807, 2.05) is 11.0 Å². The van der Waals surface area contributed by atoms with Gasteiger partial charge in [0.15, 0.2) is 0 Å². The third-order valence-corrected chi connectivity index (χ3v) is 6.20. The van der Waals surface area contributed by atoms with Crippen molar-refractivity contribution in [2.45, 2.75) is 12.5 Å². The molecule has 3 nitrogen and oxygen atoms in total. The van der Waals surface area contributed by atoms with Gasteiger partial charge in [-0.05, 0) is 53.1 Å². The smallest absolute Gasteiger partial charge is 0.254 e. The van der Waals surface area contributed by atoms with E-state index in [-0.39, 0.29) is 11.9 Å². The van der Waals surface area contributed by atoms with E-state index in [2.05, 4.69) is 29.0 Å². The van der Waals surface area contributed by atoms with E-state index in [1.54, 1.807) is 46.9 Å². The molecule has 0 radical (unpaired) electrons. The molecule has 1 amide bonds. The summed E-state index contributed by atoms with van der Waals surface area (Å²) < 4.78 is 0. The minimum absolute atomic E-state index is 0.0117. The summed E-state index contributed by atoms with van der Waals surface area (Å²) in [5.74, 6) is -0.0117. The van der Waals surface area contributed by atoms with Crippen molar-refractivity contribution in [2.75, 3.05) is 6.54 Å². The molecular weight excluding hydrogens is 336 g/mol. The second-order valence-corrected chi connectivity index (χ2v) is 7.64. The zero-order valence-corrected chi connectivity index (χ0v) is 14.4. The van der Waals surface area contributed by atoms with Crippen molar-refractivity contribution in [3.05, 3.63) is 79.7 Å². The van der Waals surface area contributed by atoms with Crippen molar-refractivity contribution >= 4 is 28.6 Å². The van der Waals surface area contributed by atoms with Gasteiger partial charge in [0.25, 0.3) is 5.91 Å². The molecule has 0 fully saturated rings. The monoisotopic (exact) mass is 350 g/mol. The molecule has 0 saturated carbocycles. The van der Waals surface area contributed by atoms with Crippen molar-refractivity contribution in [1.29, 1.82) is 5.26 Å². The van der Waals surface area contributed by atoms with Gasteiger partial charge in [0.1, 0.15) is 0 Å². The van der Waals surface area contributed by atoms with Gasteiger partial charge in [0.05, 0.1) is 17.7 Å². The minimum Gasteiger partial charge on any atom is -0.326 e. The molecule has 1 aromatic carbocycles. The molecule has 2 aromatic heterocycles. The Morgan fingerprint density at radius 3 is 2.88 bits per heavy atom. The van der Waals surface area contributed by atoms with E-state index in [1.165, 1.54) is 15.3 Å². The minimum atomic E-state index is -0.0294. The lowest BCUT2D eigenvalue weighted by Gasteiger charge is -2.35. The number of thiophene rings is 2. The van der Waals surface area contributed by atoms with Crippen LogP contribution in [-0.4, -0.2) is 17.4 Å². The van der Waals surface area contributed by atoms with Crippen molar-refractivity contribution < 1.29 is 4.79 Å². The quantitative estimate of drug-likeness (QED) is 0.684. The molecule has 0 saturated heterocycles. The van der Waals surface area contributed by atoms with Crippen molar-refractivity contribution in [3.63, 3.8) is 0 Å². The highest BCUT2D eigenvalue weighted by Crippen LogP contribution is 2.40. The zero-order chi connectivity index (χ0) is 16.5. The summed E-state index contributed by atoms with van der Waals surface area (Å²) in [6.07, 6.45) is 0.887. The molecule has 4 rings (SSSR count). The predicted octanol–water partition coefficient (Wildman–Crippen LogP) is 4.47. The number of rotatable bonds is 2. The van der Waals surface area contributed by atoms with Crippen molar-refractivity contribution in [2.24, 2.45) is 0 Å². The lowest BCUT2D eigenvalue weighted by molar-refractivity contribution is 0.0698. The third kappa shape index (κ3) is 2.54.